The molecular formula is C9H11BrClNO. The molecule has 0 radical (unpaired) electrons. The molecule has 4 heteroatoms. The van der Waals surface area contributed by atoms with Gasteiger partial charge in [-0.1, -0.05) is 11.6 Å². The van der Waals surface area contributed by atoms with Gasteiger partial charge in [0.1, 0.15) is 5.15 Å². The quantitative estimate of drug-likeness (QED) is 0.852. The van der Waals surface area contributed by atoms with Crippen LogP contribution in [-0.2, 0) is 6.42 Å². The molecule has 1 N–H and O–H groups in total. The van der Waals surface area contributed by atoms with Crippen LogP contribution in [0, 0.1) is 0 Å². The highest BCUT2D eigenvalue weighted by molar-refractivity contribution is 9.10. The molecule has 0 bridgehead atoms. The largest absolute Gasteiger partial charge is 0.393 e. The Kier molecular flexibility index (Phi) is 4.16. The molecular weight excluding hydrogens is 253 g/mol. The van der Waals surface area contributed by atoms with Gasteiger partial charge < -0.3 is 5.11 Å². The minimum Gasteiger partial charge on any atom is -0.393 e. The van der Waals surface area contributed by atoms with E-state index in [1.165, 1.54) is 0 Å². The maximum Gasteiger partial charge on any atom is 0.132 e. The van der Waals surface area contributed by atoms with E-state index < -0.39 is 0 Å². The first-order chi connectivity index (χ1) is 6.09. The Bertz CT molecular complexity index is 291. The molecule has 0 spiro atoms. The van der Waals surface area contributed by atoms with Crippen LogP contribution < -0.4 is 0 Å². The summed E-state index contributed by atoms with van der Waals surface area (Å²) in [5, 5.41) is 9.62. The highest BCUT2D eigenvalue weighted by Crippen LogP contribution is 2.19. The van der Waals surface area contributed by atoms with Crippen molar-refractivity contribution in [2.24, 2.45) is 0 Å². The number of aliphatic hydroxyl groups is 1. The second kappa shape index (κ2) is 4.94. The summed E-state index contributed by atoms with van der Waals surface area (Å²) in [4.78, 5) is 3.99. The van der Waals surface area contributed by atoms with Crippen LogP contribution in [0.15, 0.2) is 16.7 Å². The third-order valence-corrected chi connectivity index (χ3v) is 2.48. The van der Waals surface area contributed by atoms with Gasteiger partial charge >= 0.3 is 0 Å². The fraction of sp³-hybridized carbons (Fsp3) is 0.444. The van der Waals surface area contributed by atoms with Crippen molar-refractivity contribution in [2.45, 2.75) is 25.9 Å². The van der Waals surface area contributed by atoms with Gasteiger partial charge in [-0.3, -0.25) is 0 Å². The summed E-state index contributed by atoms with van der Waals surface area (Å²) in [6, 6.07) is 1.93. The summed E-state index contributed by atoms with van der Waals surface area (Å²) in [5.74, 6) is 0. The molecule has 0 aliphatic carbocycles. The molecule has 0 saturated heterocycles. The van der Waals surface area contributed by atoms with Gasteiger partial charge in [0.2, 0.25) is 0 Å². The van der Waals surface area contributed by atoms with Gasteiger partial charge in [-0.15, -0.1) is 0 Å². The summed E-state index contributed by atoms with van der Waals surface area (Å²) < 4.78 is 0.914. The predicted molar refractivity (Wildman–Crippen MR) is 56.9 cm³/mol. The van der Waals surface area contributed by atoms with Crippen molar-refractivity contribution in [3.05, 3.63) is 27.5 Å². The maximum absolute atomic E-state index is 9.10. The first-order valence-electron chi connectivity index (χ1n) is 4.07. The molecule has 1 heterocycles. The molecule has 13 heavy (non-hydrogen) atoms. The molecule has 0 aliphatic heterocycles. The third-order valence-electron chi connectivity index (χ3n) is 1.71. The number of hydrogen-bond acceptors (Lipinski definition) is 2. The molecule has 1 atom stereocenters. The van der Waals surface area contributed by atoms with Gasteiger partial charge in [-0.2, -0.15) is 0 Å². The average molecular weight is 265 g/mol. The molecule has 0 aromatic carbocycles. The van der Waals surface area contributed by atoms with Crippen LogP contribution in [0.2, 0.25) is 5.15 Å². The predicted octanol–water partition coefficient (Wildman–Crippen LogP) is 2.81. The molecule has 0 fully saturated rings. The summed E-state index contributed by atoms with van der Waals surface area (Å²) >= 11 is 9.19. The molecule has 2 nitrogen and oxygen atoms in total. The summed E-state index contributed by atoms with van der Waals surface area (Å²) in [5.41, 5.74) is 0.969. The Morgan fingerprint density at radius 3 is 3.00 bits per heavy atom. The number of pyridine rings is 1. The maximum atomic E-state index is 9.10. The summed E-state index contributed by atoms with van der Waals surface area (Å²) in [6.07, 6.45) is 2.82. The SMILES string of the molecule is C[C@H](O)CCc1cc(Br)cnc1Cl. The number of hydrogen-bond donors (Lipinski definition) is 1. The van der Waals surface area contributed by atoms with E-state index in [0.29, 0.717) is 11.6 Å². The topological polar surface area (TPSA) is 33.1 Å². The van der Waals surface area contributed by atoms with E-state index in [1.54, 1.807) is 13.1 Å². The first kappa shape index (κ1) is 11.0. The van der Waals surface area contributed by atoms with Crippen LogP contribution in [0.25, 0.3) is 0 Å². The number of aromatic nitrogens is 1. The molecule has 1 aromatic heterocycles. The molecule has 1 rings (SSSR count). The highest BCUT2D eigenvalue weighted by atomic mass is 79.9. The number of aliphatic hydroxyl groups excluding tert-OH is 1. The minimum atomic E-state index is -0.296. The van der Waals surface area contributed by atoms with Gasteiger partial charge in [-0.25, -0.2) is 4.98 Å². The number of halogens is 2. The fourth-order valence-electron chi connectivity index (χ4n) is 1.00. The van der Waals surface area contributed by atoms with Gasteiger partial charge in [0.15, 0.2) is 0 Å². The molecule has 0 saturated carbocycles. The average Bonchev–Trinajstić information content (AvgIpc) is 2.06. The minimum absolute atomic E-state index is 0.296. The zero-order chi connectivity index (χ0) is 9.84. The Labute approximate surface area is 91.1 Å². The van der Waals surface area contributed by atoms with Crippen molar-refractivity contribution in [1.29, 1.82) is 0 Å². The zero-order valence-corrected chi connectivity index (χ0v) is 9.64. The Morgan fingerprint density at radius 1 is 1.69 bits per heavy atom. The van der Waals surface area contributed by atoms with E-state index in [1.807, 2.05) is 6.07 Å². The van der Waals surface area contributed by atoms with Crippen LogP contribution >= 0.6 is 27.5 Å². The van der Waals surface area contributed by atoms with E-state index in [4.69, 9.17) is 16.7 Å². The van der Waals surface area contributed by atoms with Crippen LogP contribution in [0.1, 0.15) is 18.9 Å². The first-order valence-corrected chi connectivity index (χ1v) is 5.24. The van der Waals surface area contributed by atoms with E-state index in [0.717, 1.165) is 16.5 Å². The van der Waals surface area contributed by atoms with Gasteiger partial charge in [0.05, 0.1) is 6.10 Å². The van der Waals surface area contributed by atoms with Crippen molar-refractivity contribution < 1.29 is 5.11 Å². The molecule has 0 unspecified atom stereocenters. The fourth-order valence-corrected chi connectivity index (χ4v) is 1.58. The van der Waals surface area contributed by atoms with E-state index in [9.17, 15) is 0 Å². The molecule has 0 aliphatic rings. The standard InChI is InChI=1S/C9H11BrClNO/c1-6(13)2-3-7-4-8(10)5-12-9(7)11/h4-6,13H,2-3H2,1H3/t6-/m0/s1. The lowest BCUT2D eigenvalue weighted by atomic mass is 10.1. The van der Waals surface area contributed by atoms with Crippen molar-refractivity contribution in [3.8, 4) is 0 Å². The van der Waals surface area contributed by atoms with Crippen molar-refractivity contribution in [3.63, 3.8) is 0 Å². The molecule has 1 aromatic rings. The summed E-state index contributed by atoms with van der Waals surface area (Å²) in [7, 11) is 0. The Hall–Kier alpha value is -0.120. The van der Waals surface area contributed by atoms with E-state index >= 15 is 0 Å². The lowest BCUT2D eigenvalue weighted by Gasteiger charge is -2.05. The Balaban J connectivity index is 2.70. The van der Waals surface area contributed by atoms with Gasteiger partial charge in [-0.05, 0) is 47.3 Å². The van der Waals surface area contributed by atoms with Gasteiger partial charge in [0, 0.05) is 10.7 Å². The third kappa shape index (κ3) is 3.63. The van der Waals surface area contributed by atoms with Crippen LogP contribution in [0.4, 0.5) is 0 Å². The van der Waals surface area contributed by atoms with Gasteiger partial charge in [0.25, 0.3) is 0 Å². The monoisotopic (exact) mass is 263 g/mol. The lowest BCUT2D eigenvalue weighted by molar-refractivity contribution is 0.185. The number of rotatable bonds is 3. The normalized spacial score (nSPS) is 12.9. The van der Waals surface area contributed by atoms with Crippen LogP contribution in [0.5, 0.6) is 0 Å². The van der Waals surface area contributed by atoms with E-state index in [2.05, 4.69) is 20.9 Å². The number of aryl methyl sites for hydroxylation is 1. The number of nitrogens with zero attached hydrogens (tertiary/aromatic N) is 1. The van der Waals surface area contributed by atoms with Crippen molar-refractivity contribution in [1.82, 2.24) is 4.98 Å². The molecule has 0 amide bonds. The second-order valence-corrected chi connectivity index (χ2v) is 4.26. The zero-order valence-electron chi connectivity index (χ0n) is 7.30. The lowest BCUT2D eigenvalue weighted by Crippen LogP contribution is -2.02. The van der Waals surface area contributed by atoms with E-state index in [-0.39, 0.29) is 6.10 Å². The smallest absolute Gasteiger partial charge is 0.132 e. The summed E-state index contributed by atoms with van der Waals surface area (Å²) in [6.45, 7) is 1.76. The van der Waals surface area contributed by atoms with Crippen molar-refractivity contribution in [2.75, 3.05) is 0 Å². The molecule has 72 valence electrons. The Morgan fingerprint density at radius 2 is 2.38 bits per heavy atom. The highest BCUT2D eigenvalue weighted by Gasteiger charge is 2.04. The second-order valence-electron chi connectivity index (χ2n) is 2.99. The van der Waals surface area contributed by atoms with Crippen LogP contribution in [0.3, 0.4) is 0 Å². The van der Waals surface area contributed by atoms with Crippen molar-refractivity contribution >= 4 is 27.5 Å². The van der Waals surface area contributed by atoms with Crippen LogP contribution in [-0.4, -0.2) is 16.2 Å².